The fraction of sp³-hybridized carbons (Fsp3) is 0.533. The van der Waals surface area contributed by atoms with Crippen LogP contribution in [0.25, 0.3) is 0 Å². The van der Waals surface area contributed by atoms with Crippen molar-refractivity contribution in [2.24, 2.45) is 0 Å². The van der Waals surface area contributed by atoms with Crippen molar-refractivity contribution in [3.63, 3.8) is 0 Å². The summed E-state index contributed by atoms with van der Waals surface area (Å²) >= 11 is 0. The van der Waals surface area contributed by atoms with Gasteiger partial charge in [0.1, 0.15) is 18.1 Å². The molecule has 1 aromatic carbocycles. The number of rotatable bonds is 6. The molecule has 2 saturated heterocycles. The topological polar surface area (TPSA) is 85.3 Å². The number of anilines is 2. The molecule has 2 fully saturated rings. The Hall–Kier alpha value is -3.50. The summed E-state index contributed by atoms with van der Waals surface area (Å²) in [7, 11) is 4.23. The van der Waals surface area contributed by atoms with E-state index >= 15 is 0 Å². The molecule has 1 unspecified atom stereocenters. The standard InChI is InChI=1S/C30H39N7O3/c1-5-25(38)35-14-16-36(17-15-35)28-26-20(2)37(24-10-6-8-21-11-13-33(3)18-23(21)24)29(39)27(26)31-30(32-28)40-19-22-9-7-12-34(22)4/h5-6,8,10,20,22H,1,7,9,11-19H2,2-4H3/t20-,22?/m0/s1. The van der Waals surface area contributed by atoms with Gasteiger partial charge in [-0.2, -0.15) is 9.97 Å². The van der Waals surface area contributed by atoms with Crippen LogP contribution in [-0.2, 0) is 17.8 Å². The highest BCUT2D eigenvalue weighted by Crippen LogP contribution is 2.44. The summed E-state index contributed by atoms with van der Waals surface area (Å²) in [6.07, 6.45) is 4.55. The molecule has 0 aliphatic carbocycles. The Morgan fingerprint density at radius 3 is 2.65 bits per heavy atom. The number of fused-ring (bicyclic) bond motifs is 2. The third kappa shape index (κ3) is 4.73. The largest absolute Gasteiger partial charge is 0.462 e. The fourth-order valence-corrected chi connectivity index (χ4v) is 6.58. The van der Waals surface area contributed by atoms with E-state index < -0.39 is 0 Å². The summed E-state index contributed by atoms with van der Waals surface area (Å²) in [5, 5.41) is 0. The maximum atomic E-state index is 14.1. The van der Waals surface area contributed by atoms with Gasteiger partial charge in [0.25, 0.3) is 5.91 Å². The molecule has 2 amide bonds. The highest BCUT2D eigenvalue weighted by Gasteiger charge is 2.42. The molecule has 6 rings (SSSR count). The van der Waals surface area contributed by atoms with Crippen molar-refractivity contribution in [2.75, 3.05) is 69.8 Å². The maximum Gasteiger partial charge on any atom is 0.319 e. The monoisotopic (exact) mass is 545 g/mol. The summed E-state index contributed by atoms with van der Waals surface area (Å²) in [4.78, 5) is 46.4. The van der Waals surface area contributed by atoms with Crippen LogP contribution >= 0.6 is 0 Å². The molecular formula is C30H39N7O3. The van der Waals surface area contributed by atoms with E-state index in [1.54, 1.807) is 4.90 Å². The predicted molar refractivity (Wildman–Crippen MR) is 154 cm³/mol. The Morgan fingerprint density at radius 2 is 1.93 bits per heavy atom. The number of nitrogens with zero attached hydrogens (tertiary/aromatic N) is 7. The highest BCUT2D eigenvalue weighted by atomic mass is 16.5. The van der Waals surface area contributed by atoms with Crippen LogP contribution in [0.3, 0.4) is 0 Å². The van der Waals surface area contributed by atoms with Crippen LogP contribution in [0.2, 0.25) is 0 Å². The van der Waals surface area contributed by atoms with E-state index in [0.717, 1.165) is 56.0 Å². The summed E-state index contributed by atoms with van der Waals surface area (Å²) in [5.74, 6) is 0.553. The quantitative estimate of drug-likeness (QED) is 0.512. The first-order chi connectivity index (χ1) is 19.4. The number of benzene rings is 1. The van der Waals surface area contributed by atoms with Crippen LogP contribution in [0.1, 0.15) is 53.0 Å². The zero-order valence-corrected chi connectivity index (χ0v) is 23.8. The molecule has 0 radical (unpaired) electrons. The molecule has 5 heterocycles. The number of ether oxygens (including phenoxy) is 1. The average molecular weight is 546 g/mol. The van der Waals surface area contributed by atoms with E-state index in [9.17, 15) is 9.59 Å². The lowest BCUT2D eigenvalue weighted by Crippen LogP contribution is -2.49. The van der Waals surface area contributed by atoms with Gasteiger partial charge in [-0.15, -0.1) is 0 Å². The van der Waals surface area contributed by atoms with Crippen molar-refractivity contribution in [1.29, 1.82) is 0 Å². The Balaban J connectivity index is 1.36. The molecule has 2 atom stereocenters. The third-order valence-corrected chi connectivity index (χ3v) is 8.97. The van der Waals surface area contributed by atoms with E-state index in [-0.39, 0.29) is 23.9 Å². The lowest BCUT2D eigenvalue weighted by Gasteiger charge is -2.36. The molecule has 0 N–H and O–H groups in total. The normalized spacial score (nSPS) is 23.4. The SMILES string of the molecule is C=CC(=O)N1CCN(c2nc(OCC3CCCN3C)nc3c2[C@H](C)N(c2cccc4c2CN(C)CC4)C3=O)CC1. The number of amides is 2. The van der Waals surface area contributed by atoms with Crippen molar-refractivity contribution in [1.82, 2.24) is 24.7 Å². The smallest absolute Gasteiger partial charge is 0.319 e. The Kier molecular flexibility index (Phi) is 7.22. The zero-order chi connectivity index (χ0) is 28.0. The molecular weight excluding hydrogens is 506 g/mol. The van der Waals surface area contributed by atoms with Gasteiger partial charge in [-0.1, -0.05) is 18.7 Å². The van der Waals surface area contributed by atoms with Gasteiger partial charge in [-0.05, 0) is 70.1 Å². The van der Waals surface area contributed by atoms with Gasteiger partial charge in [0.2, 0.25) is 5.91 Å². The molecule has 40 heavy (non-hydrogen) atoms. The molecule has 1 aromatic heterocycles. The van der Waals surface area contributed by atoms with Crippen LogP contribution in [0.5, 0.6) is 6.01 Å². The number of piperazine rings is 1. The van der Waals surface area contributed by atoms with Crippen molar-refractivity contribution in [3.8, 4) is 6.01 Å². The minimum Gasteiger partial charge on any atom is -0.462 e. The lowest BCUT2D eigenvalue weighted by molar-refractivity contribution is -0.126. The van der Waals surface area contributed by atoms with Crippen molar-refractivity contribution in [2.45, 2.75) is 44.8 Å². The maximum absolute atomic E-state index is 14.1. The summed E-state index contributed by atoms with van der Waals surface area (Å²) in [5.41, 5.74) is 4.70. The summed E-state index contributed by atoms with van der Waals surface area (Å²) < 4.78 is 6.18. The second-order valence-electron chi connectivity index (χ2n) is 11.4. The molecule has 0 spiro atoms. The minimum atomic E-state index is -0.237. The zero-order valence-electron chi connectivity index (χ0n) is 23.8. The van der Waals surface area contributed by atoms with Crippen molar-refractivity contribution < 1.29 is 14.3 Å². The number of hydrogen-bond acceptors (Lipinski definition) is 8. The van der Waals surface area contributed by atoms with Gasteiger partial charge in [0.15, 0.2) is 0 Å². The highest BCUT2D eigenvalue weighted by molar-refractivity contribution is 6.11. The first-order valence-electron chi connectivity index (χ1n) is 14.4. The van der Waals surface area contributed by atoms with E-state index in [0.29, 0.717) is 44.5 Å². The molecule has 4 aliphatic rings. The molecule has 10 nitrogen and oxygen atoms in total. The Morgan fingerprint density at radius 1 is 1.12 bits per heavy atom. The average Bonchev–Trinajstić information content (AvgIpc) is 3.50. The van der Waals surface area contributed by atoms with Crippen LogP contribution < -0.4 is 14.5 Å². The Bertz CT molecular complexity index is 1320. The van der Waals surface area contributed by atoms with E-state index in [1.165, 1.54) is 17.2 Å². The summed E-state index contributed by atoms with van der Waals surface area (Å²) in [6.45, 7) is 11.4. The third-order valence-electron chi connectivity index (χ3n) is 8.97. The lowest BCUT2D eigenvalue weighted by atomic mass is 9.97. The van der Waals surface area contributed by atoms with Gasteiger partial charge in [-0.25, -0.2) is 0 Å². The number of likely N-dealkylation sites (N-methyl/N-ethyl adjacent to an activating group) is 2. The van der Waals surface area contributed by atoms with E-state index in [1.807, 2.05) is 4.90 Å². The van der Waals surface area contributed by atoms with Crippen molar-refractivity contribution in [3.05, 3.63) is 53.2 Å². The molecule has 212 valence electrons. The van der Waals surface area contributed by atoms with Gasteiger partial charge in [0.05, 0.1) is 6.04 Å². The van der Waals surface area contributed by atoms with Crippen LogP contribution in [0.15, 0.2) is 30.9 Å². The number of hydrogen-bond donors (Lipinski definition) is 0. The van der Waals surface area contributed by atoms with E-state index in [2.05, 4.69) is 60.5 Å². The Labute approximate surface area is 236 Å². The molecule has 4 aliphatic heterocycles. The number of carbonyl (C=O) groups excluding carboxylic acids is 2. The fourth-order valence-electron chi connectivity index (χ4n) is 6.58. The van der Waals surface area contributed by atoms with Gasteiger partial charge in [0, 0.05) is 56.6 Å². The van der Waals surface area contributed by atoms with Gasteiger partial charge < -0.3 is 24.3 Å². The summed E-state index contributed by atoms with van der Waals surface area (Å²) in [6, 6.07) is 6.60. The second-order valence-corrected chi connectivity index (χ2v) is 11.4. The number of likely N-dealkylation sites (tertiary alicyclic amines) is 1. The van der Waals surface area contributed by atoms with Crippen LogP contribution in [0, 0.1) is 0 Å². The van der Waals surface area contributed by atoms with E-state index in [4.69, 9.17) is 14.7 Å². The molecule has 0 saturated carbocycles. The molecule has 0 bridgehead atoms. The van der Waals surface area contributed by atoms with Gasteiger partial charge >= 0.3 is 6.01 Å². The minimum absolute atomic E-state index is 0.0641. The van der Waals surface area contributed by atoms with Crippen LogP contribution in [-0.4, -0.2) is 102 Å². The molecule has 10 heteroatoms. The second kappa shape index (κ2) is 10.8. The van der Waals surface area contributed by atoms with Crippen LogP contribution in [0.4, 0.5) is 11.5 Å². The predicted octanol–water partition coefficient (Wildman–Crippen LogP) is 2.49. The molecule has 2 aromatic rings. The first-order valence-corrected chi connectivity index (χ1v) is 14.4. The number of carbonyl (C=O) groups is 2. The first kappa shape index (κ1) is 26.7. The van der Waals surface area contributed by atoms with Crippen molar-refractivity contribution >= 4 is 23.3 Å². The van der Waals surface area contributed by atoms with Gasteiger partial charge in [-0.3, -0.25) is 14.5 Å². The number of aromatic nitrogens is 2.